The molecule has 188 valence electrons. The summed E-state index contributed by atoms with van der Waals surface area (Å²) >= 11 is 0. The van der Waals surface area contributed by atoms with Crippen LogP contribution < -0.4 is 10.6 Å². The maximum atomic E-state index is 13.1. The molecule has 1 aliphatic heterocycles. The number of Topliss-reactive ketones (excluding diaryl/α,β-unsaturated/α-hetero) is 1. The van der Waals surface area contributed by atoms with Crippen LogP contribution >= 0.6 is 0 Å². The number of carbonyl (C=O) groups excluding carboxylic acids is 3. The number of likely N-dealkylation sites (tertiary alicyclic amines) is 1. The highest BCUT2D eigenvalue weighted by atomic mass is 16.2. The molecule has 0 spiro atoms. The van der Waals surface area contributed by atoms with E-state index in [0.29, 0.717) is 6.42 Å². The highest BCUT2D eigenvalue weighted by Crippen LogP contribution is 2.17. The Morgan fingerprint density at radius 3 is 2.39 bits per heavy atom. The largest absolute Gasteiger partial charge is 0.350 e. The molecule has 2 atom stereocenters. The summed E-state index contributed by atoms with van der Waals surface area (Å²) in [6, 6.07) is 23.2. The van der Waals surface area contributed by atoms with Crippen molar-refractivity contribution in [2.45, 2.75) is 51.7 Å². The smallest absolute Gasteiger partial charge is 0.288 e. The van der Waals surface area contributed by atoms with E-state index in [-0.39, 0.29) is 24.3 Å². The molecule has 0 saturated carbocycles. The summed E-state index contributed by atoms with van der Waals surface area (Å²) in [6.45, 7) is 6.53. The van der Waals surface area contributed by atoms with Crippen molar-refractivity contribution in [3.8, 4) is 0 Å². The number of carbonyl (C=O) groups is 3. The summed E-state index contributed by atoms with van der Waals surface area (Å²) in [4.78, 5) is 40.9. The van der Waals surface area contributed by atoms with Gasteiger partial charge in [0.05, 0.1) is 0 Å². The maximum Gasteiger partial charge on any atom is 0.288 e. The SMILES string of the molecule is CC(C)C[C@H](NC(=O)C(=O)Cc1ccc2ccccc2c1)C(=O)N[C@@H]1CCN(Cc2ccccc2)C1. The first-order valence-electron chi connectivity index (χ1n) is 12.8. The van der Waals surface area contributed by atoms with Crippen molar-refractivity contribution in [1.29, 1.82) is 0 Å². The average molecular weight is 486 g/mol. The molecule has 0 unspecified atom stereocenters. The van der Waals surface area contributed by atoms with E-state index in [2.05, 4.69) is 27.7 Å². The third-order valence-corrected chi connectivity index (χ3v) is 6.63. The number of nitrogens with one attached hydrogen (secondary N) is 2. The van der Waals surface area contributed by atoms with Crippen LogP contribution in [0.15, 0.2) is 72.8 Å². The highest BCUT2D eigenvalue weighted by molar-refractivity contribution is 6.37. The van der Waals surface area contributed by atoms with Crippen molar-refractivity contribution in [1.82, 2.24) is 15.5 Å². The van der Waals surface area contributed by atoms with Gasteiger partial charge in [-0.2, -0.15) is 0 Å². The van der Waals surface area contributed by atoms with Crippen LogP contribution in [0.4, 0.5) is 0 Å². The van der Waals surface area contributed by atoms with Crippen molar-refractivity contribution in [3.05, 3.63) is 83.9 Å². The van der Waals surface area contributed by atoms with E-state index < -0.39 is 17.7 Å². The van der Waals surface area contributed by atoms with Gasteiger partial charge in [0.25, 0.3) is 5.91 Å². The molecule has 1 aliphatic rings. The van der Waals surface area contributed by atoms with Crippen LogP contribution in [0, 0.1) is 5.92 Å². The minimum absolute atomic E-state index is 0.00373. The van der Waals surface area contributed by atoms with E-state index in [1.165, 1.54) is 5.56 Å². The van der Waals surface area contributed by atoms with E-state index >= 15 is 0 Å². The zero-order valence-corrected chi connectivity index (χ0v) is 21.1. The monoisotopic (exact) mass is 485 g/mol. The summed E-state index contributed by atoms with van der Waals surface area (Å²) in [7, 11) is 0. The van der Waals surface area contributed by atoms with Crippen LogP contribution in [0.5, 0.6) is 0 Å². The molecule has 1 heterocycles. The molecule has 3 aromatic carbocycles. The first-order valence-corrected chi connectivity index (χ1v) is 12.8. The fraction of sp³-hybridized carbons (Fsp3) is 0.367. The van der Waals surface area contributed by atoms with Gasteiger partial charge in [-0.3, -0.25) is 19.3 Å². The second-order valence-electron chi connectivity index (χ2n) is 10.2. The number of rotatable bonds is 10. The lowest BCUT2D eigenvalue weighted by Crippen LogP contribution is -2.52. The third-order valence-electron chi connectivity index (χ3n) is 6.63. The van der Waals surface area contributed by atoms with Gasteiger partial charge in [-0.05, 0) is 40.7 Å². The number of hydrogen-bond donors (Lipinski definition) is 2. The summed E-state index contributed by atoms with van der Waals surface area (Å²) in [5.41, 5.74) is 2.03. The molecule has 6 nitrogen and oxygen atoms in total. The zero-order valence-electron chi connectivity index (χ0n) is 21.1. The topological polar surface area (TPSA) is 78.5 Å². The minimum Gasteiger partial charge on any atom is -0.350 e. The van der Waals surface area contributed by atoms with E-state index in [0.717, 1.165) is 42.4 Å². The van der Waals surface area contributed by atoms with Gasteiger partial charge >= 0.3 is 0 Å². The lowest BCUT2D eigenvalue weighted by atomic mass is 10.0. The van der Waals surface area contributed by atoms with Crippen LogP contribution in [0.2, 0.25) is 0 Å². The Morgan fingerprint density at radius 2 is 1.64 bits per heavy atom. The summed E-state index contributed by atoms with van der Waals surface area (Å²) in [5, 5.41) is 7.93. The van der Waals surface area contributed by atoms with Crippen molar-refractivity contribution in [2.24, 2.45) is 5.92 Å². The van der Waals surface area contributed by atoms with Crippen molar-refractivity contribution in [3.63, 3.8) is 0 Å². The Balaban J connectivity index is 1.32. The molecular weight excluding hydrogens is 450 g/mol. The van der Waals surface area contributed by atoms with Gasteiger partial charge < -0.3 is 10.6 Å². The van der Waals surface area contributed by atoms with Gasteiger partial charge in [-0.15, -0.1) is 0 Å². The van der Waals surface area contributed by atoms with Gasteiger partial charge in [0, 0.05) is 32.1 Å². The molecular formula is C30H35N3O3. The fourth-order valence-electron chi connectivity index (χ4n) is 4.79. The second kappa shape index (κ2) is 12.0. The molecule has 0 bridgehead atoms. The van der Waals surface area contributed by atoms with Gasteiger partial charge in [0.15, 0.2) is 0 Å². The van der Waals surface area contributed by atoms with Crippen molar-refractivity contribution in [2.75, 3.05) is 13.1 Å². The summed E-state index contributed by atoms with van der Waals surface area (Å²) in [6.07, 6.45) is 1.34. The van der Waals surface area contributed by atoms with E-state index in [9.17, 15) is 14.4 Å². The first kappa shape index (κ1) is 25.6. The molecule has 6 heteroatoms. The summed E-state index contributed by atoms with van der Waals surface area (Å²) < 4.78 is 0. The lowest BCUT2D eigenvalue weighted by Gasteiger charge is -2.22. The van der Waals surface area contributed by atoms with Gasteiger partial charge in [-0.1, -0.05) is 86.6 Å². The Hall–Kier alpha value is -3.51. The van der Waals surface area contributed by atoms with Crippen LogP contribution in [-0.2, 0) is 27.3 Å². The number of benzene rings is 3. The highest BCUT2D eigenvalue weighted by Gasteiger charge is 2.29. The van der Waals surface area contributed by atoms with E-state index in [4.69, 9.17) is 0 Å². The third kappa shape index (κ3) is 7.01. The minimum atomic E-state index is -0.735. The number of hydrogen-bond acceptors (Lipinski definition) is 4. The van der Waals surface area contributed by atoms with Crippen LogP contribution in [0.25, 0.3) is 10.8 Å². The predicted molar refractivity (Wildman–Crippen MR) is 142 cm³/mol. The standard InChI is InChI=1S/C30H35N3O3/c1-21(2)16-27(29(35)31-26-14-15-33(20-26)19-22-8-4-3-5-9-22)32-30(36)28(34)18-23-12-13-24-10-6-7-11-25(24)17-23/h3-13,17,21,26-27H,14-16,18-20H2,1-2H3,(H,31,35)(H,32,36)/t26-,27+/m1/s1. The summed E-state index contributed by atoms with van der Waals surface area (Å²) in [5.74, 6) is -1.28. The fourth-order valence-corrected chi connectivity index (χ4v) is 4.79. The van der Waals surface area contributed by atoms with E-state index in [1.807, 2.05) is 74.5 Å². The van der Waals surface area contributed by atoms with Crippen LogP contribution in [0.3, 0.4) is 0 Å². The molecule has 1 fully saturated rings. The molecule has 4 rings (SSSR count). The van der Waals surface area contributed by atoms with Crippen molar-refractivity contribution >= 4 is 28.4 Å². The predicted octanol–water partition coefficient (Wildman–Crippen LogP) is 3.87. The van der Waals surface area contributed by atoms with E-state index in [1.54, 1.807) is 0 Å². The van der Waals surface area contributed by atoms with Gasteiger partial charge in [0.1, 0.15) is 6.04 Å². The number of fused-ring (bicyclic) bond motifs is 1. The normalized spacial score (nSPS) is 16.7. The molecule has 3 aromatic rings. The average Bonchev–Trinajstić information content (AvgIpc) is 3.30. The molecule has 2 amide bonds. The Morgan fingerprint density at radius 1 is 0.917 bits per heavy atom. The maximum absolute atomic E-state index is 13.1. The quantitative estimate of drug-likeness (QED) is 0.428. The second-order valence-corrected chi connectivity index (χ2v) is 10.2. The van der Waals surface area contributed by atoms with Crippen molar-refractivity contribution < 1.29 is 14.4 Å². The van der Waals surface area contributed by atoms with Crippen LogP contribution in [-0.4, -0.2) is 47.7 Å². The Labute approximate surface area is 213 Å². The lowest BCUT2D eigenvalue weighted by molar-refractivity contribution is -0.139. The zero-order chi connectivity index (χ0) is 25.5. The molecule has 1 saturated heterocycles. The Bertz CT molecular complexity index is 1210. The first-order chi connectivity index (χ1) is 17.4. The molecule has 0 radical (unpaired) electrons. The van der Waals surface area contributed by atoms with Crippen LogP contribution in [0.1, 0.15) is 37.8 Å². The number of amides is 2. The molecule has 2 N–H and O–H groups in total. The Kier molecular flexibility index (Phi) is 8.49. The van der Waals surface area contributed by atoms with Gasteiger partial charge in [0.2, 0.25) is 11.7 Å². The number of ketones is 1. The molecule has 0 aliphatic carbocycles. The molecule has 0 aromatic heterocycles. The van der Waals surface area contributed by atoms with Gasteiger partial charge in [-0.25, -0.2) is 0 Å². The molecule has 36 heavy (non-hydrogen) atoms. The number of nitrogens with zero attached hydrogens (tertiary/aromatic N) is 1.